The van der Waals surface area contributed by atoms with Crippen molar-refractivity contribution in [1.82, 2.24) is 0 Å². The van der Waals surface area contributed by atoms with Crippen molar-refractivity contribution >= 4 is 20.2 Å². The number of likely N-dealkylation sites (N-methyl/N-ethyl adjacent to an activating group) is 1. The number of quaternary nitrogens is 1. The molecule has 8 atom stereocenters. The van der Waals surface area contributed by atoms with Crippen LogP contribution < -0.4 is 4.57 Å². The zero-order chi connectivity index (χ0) is 41.2. The van der Waals surface area contributed by atoms with E-state index in [-0.39, 0.29) is 29.3 Å². The van der Waals surface area contributed by atoms with Gasteiger partial charge in [0.1, 0.15) is 23.5 Å². The van der Waals surface area contributed by atoms with E-state index >= 15 is 0 Å². The van der Waals surface area contributed by atoms with Crippen molar-refractivity contribution in [2.24, 2.45) is 17.8 Å². The lowest BCUT2D eigenvalue weighted by Gasteiger charge is -2.44. The number of allylic oxidation sites excluding steroid dienone is 10. The molecular weight excluding hydrogens is 733 g/mol. The average molecular weight is 801 g/mol. The van der Waals surface area contributed by atoms with Gasteiger partial charge in [0.15, 0.2) is 17.9 Å². The average Bonchev–Trinajstić information content (AvgIpc) is 3.81. The summed E-state index contributed by atoms with van der Waals surface area (Å²) in [5.74, 6) is 4.38. The van der Waals surface area contributed by atoms with Crippen molar-refractivity contribution in [2.45, 2.75) is 142 Å². The number of pyridine rings is 1. The van der Waals surface area contributed by atoms with E-state index in [1.54, 1.807) is 27.5 Å². The highest BCUT2D eigenvalue weighted by Gasteiger charge is 2.64. The quantitative estimate of drug-likeness (QED) is 0.105. The molecule has 10 rings (SSSR count). The van der Waals surface area contributed by atoms with Crippen LogP contribution in [0.4, 0.5) is 0 Å². The first-order valence-electron chi connectivity index (χ1n) is 23.1. The molecule has 0 bridgehead atoms. The van der Waals surface area contributed by atoms with Gasteiger partial charge in [0.05, 0.1) is 27.2 Å². The largest absolute Gasteiger partial charge is 0.464 e. The van der Waals surface area contributed by atoms with Gasteiger partial charge in [0, 0.05) is 46.7 Å². The predicted molar refractivity (Wildman–Crippen MR) is 248 cm³/mol. The van der Waals surface area contributed by atoms with E-state index in [2.05, 4.69) is 170 Å². The van der Waals surface area contributed by atoms with Crippen LogP contribution in [-0.4, -0.2) is 19.6 Å². The molecule has 4 heteroatoms. The Morgan fingerprint density at radius 2 is 1.73 bits per heavy atom. The maximum atomic E-state index is 7.29. The first kappa shape index (κ1) is 39.2. The molecule has 0 radical (unpaired) electrons. The van der Waals surface area contributed by atoms with Crippen molar-refractivity contribution in [2.75, 3.05) is 7.05 Å². The minimum absolute atomic E-state index is 0.0417. The number of aromatic nitrogens is 1. The lowest BCUT2D eigenvalue weighted by molar-refractivity contribution is -0.937. The molecular formula is C55H68N2OSi+2. The number of rotatable bonds is 6. The second-order valence-electron chi connectivity index (χ2n) is 22.0. The Bertz CT molecular complexity index is 2450. The molecule has 3 aromatic rings. The molecule has 3 aliphatic heterocycles. The Labute approximate surface area is 356 Å². The van der Waals surface area contributed by atoms with E-state index < -0.39 is 8.07 Å². The maximum absolute atomic E-state index is 7.29. The Morgan fingerprint density at radius 1 is 0.915 bits per heavy atom. The first-order chi connectivity index (χ1) is 28.1. The third-order valence-corrected chi connectivity index (χ3v) is 17.5. The summed E-state index contributed by atoms with van der Waals surface area (Å²) in [5, 5.41) is 1.67. The molecule has 3 nitrogen and oxygen atoms in total. The fourth-order valence-corrected chi connectivity index (χ4v) is 14.3. The van der Waals surface area contributed by atoms with Gasteiger partial charge < -0.3 is 4.42 Å². The number of hydrogen-bond donors (Lipinski definition) is 0. The van der Waals surface area contributed by atoms with Crippen LogP contribution in [0.1, 0.15) is 159 Å². The Morgan fingerprint density at radius 3 is 2.44 bits per heavy atom. The van der Waals surface area contributed by atoms with Crippen LogP contribution in [0.3, 0.4) is 0 Å². The number of furan rings is 1. The van der Waals surface area contributed by atoms with Gasteiger partial charge in [-0.1, -0.05) is 109 Å². The molecule has 0 saturated carbocycles. The number of benzene rings is 1. The van der Waals surface area contributed by atoms with Crippen LogP contribution in [0.15, 0.2) is 106 Å². The second kappa shape index (κ2) is 14.0. The minimum atomic E-state index is -1.70. The van der Waals surface area contributed by atoms with Gasteiger partial charge >= 0.3 is 0 Å². The summed E-state index contributed by atoms with van der Waals surface area (Å²) in [4.78, 5) is 0. The Balaban J connectivity index is 1.17. The van der Waals surface area contributed by atoms with Gasteiger partial charge in [-0.3, -0.25) is 4.48 Å². The molecule has 0 amide bonds. The van der Waals surface area contributed by atoms with Gasteiger partial charge in [-0.2, -0.15) is 4.57 Å². The summed E-state index contributed by atoms with van der Waals surface area (Å²) in [6.45, 7) is 22.0. The fourth-order valence-electron chi connectivity index (χ4n) is 12.5. The molecule has 5 heterocycles. The molecule has 306 valence electrons. The van der Waals surface area contributed by atoms with Crippen LogP contribution in [0.5, 0.6) is 0 Å². The molecule has 0 fully saturated rings. The lowest BCUT2D eigenvalue weighted by Crippen LogP contribution is -2.53. The first-order valence-corrected chi connectivity index (χ1v) is 26.6. The lowest BCUT2D eigenvalue weighted by atomic mass is 9.75. The monoisotopic (exact) mass is 801 g/mol. The van der Waals surface area contributed by atoms with Crippen molar-refractivity contribution in [3.8, 4) is 0 Å². The molecule has 8 unspecified atom stereocenters. The second-order valence-corrected chi connectivity index (χ2v) is 27.0. The third-order valence-electron chi connectivity index (χ3n) is 15.4. The van der Waals surface area contributed by atoms with Crippen molar-refractivity contribution in [3.05, 3.63) is 158 Å². The zero-order valence-electron chi connectivity index (χ0n) is 37.6. The van der Waals surface area contributed by atoms with E-state index in [9.17, 15) is 0 Å². The van der Waals surface area contributed by atoms with Crippen LogP contribution in [0.25, 0.3) is 12.2 Å². The topological polar surface area (TPSA) is 17.0 Å². The summed E-state index contributed by atoms with van der Waals surface area (Å²) < 4.78 is 11.0. The van der Waals surface area contributed by atoms with E-state index in [0.29, 0.717) is 23.8 Å². The van der Waals surface area contributed by atoms with E-state index in [4.69, 9.17) is 4.42 Å². The number of hydrogen-bond acceptors (Lipinski definition) is 1. The Kier molecular flexibility index (Phi) is 9.31. The molecule has 7 aliphatic rings. The van der Waals surface area contributed by atoms with Gasteiger partial charge in [0.2, 0.25) is 6.04 Å². The number of fused-ring (bicyclic) bond motifs is 10. The Hall–Kier alpha value is -3.99. The van der Waals surface area contributed by atoms with Crippen molar-refractivity contribution in [3.63, 3.8) is 0 Å². The SMILES string of the molecule is Cc1cc2c(cc1C1CC=CCC1)C(C1C3C=Cc4c(oc5c4C=CC(C4=CCCC=C4)C5)C3c3cc(C(C)(C)C)cc[n+]31)[N+]1(C)C=C([Si](C)(C)C)C(CC(C)C)=CC21. The predicted octanol–water partition coefficient (Wildman–Crippen LogP) is 13.8. The molecule has 0 spiro atoms. The smallest absolute Gasteiger partial charge is 0.221 e. The van der Waals surface area contributed by atoms with Gasteiger partial charge in [0.25, 0.3) is 0 Å². The summed E-state index contributed by atoms with van der Waals surface area (Å²) in [7, 11) is 0.906. The molecule has 0 N–H and O–H groups in total. The molecule has 4 aliphatic carbocycles. The van der Waals surface area contributed by atoms with Gasteiger partial charge in [-0.05, 0) is 114 Å². The van der Waals surface area contributed by atoms with E-state index in [1.807, 2.05) is 0 Å². The molecule has 0 saturated heterocycles. The normalized spacial score (nSPS) is 30.3. The van der Waals surface area contributed by atoms with Crippen LogP contribution in [-0.2, 0) is 11.8 Å². The van der Waals surface area contributed by atoms with Crippen LogP contribution >= 0.6 is 0 Å². The molecule has 59 heavy (non-hydrogen) atoms. The highest BCUT2D eigenvalue weighted by atomic mass is 28.3. The highest BCUT2D eigenvalue weighted by Crippen LogP contribution is 2.62. The summed E-state index contributed by atoms with van der Waals surface area (Å²) in [6, 6.07) is 11.2. The number of aryl methyl sites for hydroxylation is 1. The van der Waals surface area contributed by atoms with Crippen molar-refractivity contribution < 1.29 is 13.5 Å². The zero-order valence-corrected chi connectivity index (χ0v) is 38.6. The van der Waals surface area contributed by atoms with Crippen LogP contribution in [0.2, 0.25) is 19.6 Å². The standard InChI is InChI=1S/C55H68N2OSi/c1-34(2)27-39-29-48-45-28-35(3)44(37-19-15-12-16-20-37)32-46(45)53(57(48,7)33-50(39)59(8,9)10)52-43-24-23-42-41-22-21-38(36-17-13-11-14-18-36)30-49(41)58-54(42)51(43)47-31-40(55(4,5)6)25-26-56(47)52/h12-13,15,17-18,21-26,28-29,31-34,37-38,43,48,51-53H,11,14,16,19-20,27,30H2,1-10H3/q+2. The van der Waals surface area contributed by atoms with E-state index in [1.165, 1.54) is 57.9 Å². The van der Waals surface area contributed by atoms with Gasteiger partial charge in [-0.25, -0.2) is 0 Å². The van der Waals surface area contributed by atoms with Gasteiger partial charge in [-0.15, -0.1) is 0 Å². The minimum Gasteiger partial charge on any atom is -0.464 e. The molecule has 1 aromatic carbocycles. The van der Waals surface area contributed by atoms with E-state index in [0.717, 1.165) is 36.6 Å². The highest BCUT2D eigenvalue weighted by molar-refractivity contribution is 6.84. The van der Waals surface area contributed by atoms with Crippen molar-refractivity contribution in [1.29, 1.82) is 0 Å². The summed E-state index contributed by atoms with van der Waals surface area (Å²) >= 11 is 0. The summed E-state index contributed by atoms with van der Waals surface area (Å²) in [5.41, 5.74) is 14.8. The maximum Gasteiger partial charge on any atom is 0.221 e. The fraction of sp³-hybridized carbons (Fsp3) is 0.473. The van der Waals surface area contributed by atoms with Crippen LogP contribution in [0, 0.1) is 24.7 Å². The third kappa shape index (κ3) is 6.32. The summed E-state index contributed by atoms with van der Waals surface area (Å²) in [6.07, 6.45) is 37.9. The molecule has 2 aromatic heterocycles. The number of nitrogens with zero attached hydrogens (tertiary/aromatic N) is 2.